The summed E-state index contributed by atoms with van der Waals surface area (Å²) in [7, 11) is 1.78. The van der Waals surface area contributed by atoms with E-state index in [1.54, 1.807) is 13.9 Å². The molecule has 0 amide bonds. The van der Waals surface area contributed by atoms with Gasteiger partial charge in [-0.3, -0.25) is 0 Å². The number of rotatable bonds is 2. The zero-order chi connectivity index (χ0) is 11.5. The highest BCUT2D eigenvalue weighted by atomic mass is 19.1. The quantitative estimate of drug-likeness (QED) is 0.670. The van der Waals surface area contributed by atoms with Crippen LogP contribution in [0.15, 0.2) is 42.5 Å². The third-order valence-corrected chi connectivity index (χ3v) is 2.87. The molecule has 80 valence electrons. The van der Waals surface area contributed by atoms with E-state index in [0.717, 1.165) is 17.5 Å². The fourth-order valence-electron chi connectivity index (χ4n) is 1.71. The highest BCUT2D eigenvalue weighted by Gasteiger charge is 2.01. The van der Waals surface area contributed by atoms with E-state index in [2.05, 4.69) is 19.1 Å². The van der Waals surface area contributed by atoms with Crippen LogP contribution >= 0.6 is 0 Å². The second-order valence-electron chi connectivity index (χ2n) is 4.01. The number of aryl methyl sites for hydroxylation is 1. The summed E-state index contributed by atoms with van der Waals surface area (Å²) in [5.74, 6) is -0.142. The summed E-state index contributed by atoms with van der Waals surface area (Å²) < 4.78 is 13.4. The molecular weight excluding hydrogens is 198 g/mol. The molecule has 0 aromatic heterocycles. The van der Waals surface area contributed by atoms with Crippen molar-refractivity contribution in [3.63, 3.8) is 0 Å². The van der Waals surface area contributed by atoms with Crippen molar-refractivity contribution in [1.82, 2.24) is 0 Å². The Hall–Kier alpha value is -1.57. The van der Waals surface area contributed by atoms with E-state index in [0.29, 0.717) is 5.46 Å². The van der Waals surface area contributed by atoms with Crippen molar-refractivity contribution < 1.29 is 4.39 Å². The highest BCUT2D eigenvalue weighted by Crippen LogP contribution is 2.19. The Balaban J connectivity index is 2.38. The Labute approximate surface area is 96.5 Å². The molecular formula is C14H14BF. The van der Waals surface area contributed by atoms with Gasteiger partial charge in [0.15, 0.2) is 0 Å². The third kappa shape index (κ3) is 2.16. The van der Waals surface area contributed by atoms with Crippen molar-refractivity contribution in [3.05, 3.63) is 53.8 Å². The monoisotopic (exact) mass is 212 g/mol. The topological polar surface area (TPSA) is 0 Å². The Morgan fingerprint density at radius 1 is 1.00 bits per heavy atom. The van der Waals surface area contributed by atoms with E-state index in [9.17, 15) is 4.39 Å². The van der Waals surface area contributed by atoms with Gasteiger partial charge >= 0.3 is 0 Å². The standard InChI is InChI=1S/C14H14BF/c1-2-10-3-5-11(6-4-10)12-7-8-13(15)14(16)9-12/h3-9H,2,15H2,1H3. The molecule has 0 aliphatic rings. The van der Waals surface area contributed by atoms with Crippen LogP contribution in [0.4, 0.5) is 4.39 Å². The minimum atomic E-state index is -0.142. The summed E-state index contributed by atoms with van der Waals surface area (Å²) in [6, 6.07) is 13.6. The SMILES string of the molecule is Bc1ccc(-c2ccc(CC)cc2)cc1F. The second-order valence-corrected chi connectivity index (χ2v) is 4.01. The molecule has 0 saturated heterocycles. The number of halogens is 1. The molecule has 2 rings (SSSR count). The molecule has 0 unspecified atom stereocenters. The van der Waals surface area contributed by atoms with E-state index in [-0.39, 0.29) is 5.82 Å². The van der Waals surface area contributed by atoms with Crippen molar-refractivity contribution in [3.8, 4) is 11.1 Å². The summed E-state index contributed by atoms with van der Waals surface area (Å²) in [5.41, 5.74) is 3.99. The van der Waals surface area contributed by atoms with Crippen molar-refractivity contribution in [2.24, 2.45) is 0 Å². The Morgan fingerprint density at radius 3 is 2.19 bits per heavy atom. The van der Waals surface area contributed by atoms with Gasteiger partial charge in [0.1, 0.15) is 13.7 Å². The zero-order valence-corrected chi connectivity index (χ0v) is 9.63. The minimum Gasteiger partial charge on any atom is -0.208 e. The van der Waals surface area contributed by atoms with Crippen LogP contribution in [-0.2, 0) is 6.42 Å². The Kier molecular flexibility index (Phi) is 3.09. The van der Waals surface area contributed by atoms with E-state index < -0.39 is 0 Å². The lowest BCUT2D eigenvalue weighted by Gasteiger charge is -2.04. The molecule has 0 N–H and O–H groups in total. The predicted octanol–water partition coefficient (Wildman–Crippen LogP) is 2.31. The molecule has 0 spiro atoms. The largest absolute Gasteiger partial charge is 0.208 e. The zero-order valence-electron chi connectivity index (χ0n) is 9.63. The molecule has 16 heavy (non-hydrogen) atoms. The maximum atomic E-state index is 13.4. The number of hydrogen-bond acceptors (Lipinski definition) is 0. The van der Waals surface area contributed by atoms with Gasteiger partial charge in [0.25, 0.3) is 0 Å². The molecule has 0 saturated carbocycles. The molecule has 0 atom stereocenters. The van der Waals surface area contributed by atoms with Crippen LogP contribution in [0.2, 0.25) is 0 Å². The van der Waals surface area contributed by atoms with Crippen LogP contribution in [0.1, 0.15) is 12.5 Å². The fraction of sp³-hybridized carbons (Fsp3) is 0.143. The van der Waals surface area contributed by atoms with Crippen LogP contribution < -0.4 is 5.46 Å². The first-order chi connectivity index (χ1) is 7.70. The number of benzene rings is 2. The van der Waals surface area contributed by atoms with Gasteiger partial charge in [-0.15, -0.1) is 0 Å². The highest BCUT2D eigenvalue weighted by molar-refractivity contribution is 6.32. The van der Waals surface area contributed by atoms with Crippen LogP contribution in [0.3, 0.4) is 0 Å². The Morgan fingerprint density at radius 2 is 1.62 bits per heavy atom. The lowest BCUT2D eigenvalue weighted by molar-refractivity contribution is 0.636. The van der Waals surface area contributed by atoms with E-state index in [4.69, 9.17) is 0 Å². The molecule has 0 aliphatic carbocycles. The molecule has 0 heterocycles. The normalized spacial score (nSPS) is 10.4. The summed E-state index contributed by atoms with van der Waals surface area (Å²) in [6.45, 7) is 2.13. The first-order valence-corrected chi connectivity index (χ1v) is 5.56. The molecule has 2 aromatic rings. The van der Waals surface area contributed by atoms with E-state index in [1.807, 2.05) is 24.3 Å². The van der Waals surface area contributed by atoms with Gasteiger partial charge in [0.2, 0.25) is 0 Å². The van der Waals surface area contributed by atoms with Crippen molar-refractivity contribution >= 4 is 13.3 Å². The third-order valence-electron chi connectivity index (χ3n) is 2.87. The lowest BCUT2D eigenvalue weighted by Crippen LogP contribution is -2.07. The van der Waals surface area contributed by atoms with Gasteiger partial charge in [-0.2, -0.15) is 0 Å². The van der Waals surface area contributed by atoms with Crippen molar-refractivity contribution in [2.45, 2.75) is 13.3 Å². The lowest BCUT2D eigenvalue weighted by atomic mass is 9.92. The molecule has 0 bridgehead atoms. The minimum absolute atomic E-state index is 0.142. The van der Waals surface area contributed by atoms with Gasteiger partial charge in [-0.05, 0) is 29.2 Å². The van der Waals surface area contributed by atoms with E-state index >= 15 is 0 Å². The smallest absolute Gasteiger partial charge is 0.143 e. The molecule has 2 aromatic carbocycles. The second kappa shape index (κ2) is 4.52. The van der Waals surface area contributed by atoms with E-state index in [1.165, 1.54) is 5.56 Å². The maximum Gasteiger partial charge on any atom is 0.143 e. The molecule has 0 aliphatic heterocycles. The van der Waals surface area contributed by atoms with Gasteiger partial charge in [0.05, 0.1) is 0 Å². The van der Waals surface area contributed by atoms with Crippen LogP contribution in [0, 0.1) is 5.82 Å². The van der Waals surface area contributed by atoms with Crippen LogP contribution in [0.5, 0.6) is 0 Å². The van der Waals surface area contributed by atoms with Crippen LogP contribution in [-0.4, -0.2) is 7.85 Å². The average molecular weight is 212 g/mol. The Bertz CT molecular complexity index is 489. The molecule has 0 radical (unpaired) electrons. The number of hydrogen-bond donors (Lipinski definition) is 0. The molecule has 2 heteroatoms. The fourth-order valence-corrected chi connectivity index (χ4v) is 1.71. The molecule has 0 nitrogen and oxygen atoms in total. The van der Waals surface area contributed by atoms with Crippen LogP contribution in [0.25, 0.3) is 11.1 Å². The predicted molar refractivity (Wildman–Crippen MR) is 69.4 cm³/mol. The summed E-state index contributed by atoms with van der Waals surface area (Å²) in [4.78, 5) is 0. The molecule has 0 fully saturated rings. The summed E-state index contributed by atoms with van der Waals surface area (Å²) >= 11 is 0. The first-order valence-electron chi connectivity index (χ1n) is 5.56. The first kappa shape index (κ1) is 10.9. The van der Waals surface area contributed by atoms with Crippen molar-refractivity contribution in [2.75, 3.05) is 0 Å². The van der Waals surface area contributed by atoms with Gasteiger partial charge in [-0.1, -0.05) is 48.8 Å². The van der Waals surface area contributed by atoms with Gasteiger partial charge < -0.3 is 0 Å². The maximum absolute atomic E-state index is 13.4. The average Bonchev–Trinajstić information content (AvgIpc) is 2.33. The van der Waals surface area contributed by atoms with Crippen molar-refractivity contribution in [1.29, 1.82) is 0 Å². The van der Waals surface area contributed by atoms with Gasteiger partial charge in [-0.25, -0.2) is 4.39 Å². The summed E-state index contributed by atoms with van der Waals surface area (Å²) in [5, 5.41) is 0. The summed E-state index contributed by atoms with van der Waals surface area (Å²) in [6.07, 6.45) is 1.03. The van der Waals surface area contributed by atoms with Gasteiger partial charge in [0, 0.05) is 0 Å².